The predicted octanol–water partition coefficient (Wildman–Crippen LogP) is 2.98. The molecule has 0 saturated heterocycles. The molecule has 2 aliphatic rings. The first-order valence-electron chi connectivity index (χ1n) is 3.57. The van der Waals surface area contributed by atoms with Crippen LogP contribution in [0.2, 0.25) is 0 Å². The lowest BCUT2D eigenvalue weighted by Gasteiger charge is -2.13. The van der Waals surface area contributed by atoms with E-state index in [-0.39, 0.29) is 0 Å². The highest BCUT2D eigenvalue weighted by molar-refractivity contribution is 14.1. The molecular formula is C7H10BrI. The standard InChI is InChI=1S/C7H10BrI/c8-6-3-4-1-2-5(6)7(4)9/h4-7H,1-3H2/t4-,5+,6?,7+/m1/s1. The molecule has 0 spiro atoms. The van der Waals surface area contributed by atoms with Crippen LogP contribution in [0.25, 0.3) is 0 Å². The molecule has 1 unspecified atom stereocenters. The molecule has 0 aromatic heterocycles. The second-order valence-electron chi connectivity index (χ2n) is 3.20. The van der Waals surface area contributed by atoms with Gasteiger partial charge in [-0.05, 0) is 31.1 Å². The van der Waals surface area contributed by atoms with Gasteiger partial charge in [0, 0.05) is 8.75 Å². The first kappa shape index (κ1) is 6.89. The van der Waals surface area contributed by atoms with Crippen molar-refractivity contribution in [3.05, 3.63) is 0 Å². The molecule has 0 heterocycles. The van der Waals surface area contributed by atoms with E-state index in [2.05, 4.69) is 38.5 Å². The Bertz CT molecular complexity index is 126. The second-order valence-corrected chi connectivity index (χ2v) is 5.81. The van der Waals surface area contributed by atoms with Crippen molar-refractivity contribution in [3.63, 3.8) is 0 Å². The molecule has 0 aromatic carbocycles. The Morgan fingerprint density at radius 3 is 2.33 bits per heavy atom. The molecule has 0 radical (unpaired) electrons. The van der Waals surface area contributed by atoms with Gasteiger partial charge in [-0.1, -0.05) is 38.5 Å². The van der Waals surface area contributed by atoms with Crippen LogP contribution in [0.15, 0.2) is 0 Å². The zero-order valence-corrected chi connectivity index (χ0v) is 8.93. The van der Waals surface area contributed by atoms with Crippen LogP contribution in [0, 0.1) is 11.8 Å². The second kappa shape index (κ2) is 2.36. The lowest BCUT2D eigenvalue weighted by molar-refractivity contribution is 0.497. The first-order valence-corrected chi connectivity index (χ1v) is 5.73. The SMILES string of the molecule is BrC1C[C@H]2CC[C@@H]1[C@H]2I. The normalized spacial score (nSPS) is 56.7. The van der Waals surface area contributed by atoms with Crippen molar-refractivity contribution in [1.82, 2.24) is 0 Å². The Morgan fingerprint density at radius 1 is 1.33 bits per heavy atom. The summed E-state index contributed by atoms with van der Waals surface area (Å²) in [5.74, 6) is 2.07. The fraction of sp³-hybridized carbons (Fsp3) is 1.00. The molecule has 4 atom stereocenters. The Kier molecular flexibility index (Phi) is 1.81. The lowest BCUT2D eigenvalue weighted by Crippen LogP contribution is -2.10. The minimum Gasteiger partial charge on any atom is -0.0887 e. The molecule has 0 amide bonds. The van der Waals surface area contributed by atoms with Crippen LogP contribution in [0.3, 0.4) is 0 Å². The highest BCUT2D eigenvalue weighted by Gasteiger charge is 2.45. The van der Waals surface area contributed by atoms with Crippen molar-refractivity contribution in [3.8, 4) is 0 Å². The third-order valence-electron chi connectivity index (χ3n) is 2.72. The smallest absolute Gasteiger partial charge is 0.0187 e. The van der Waals surface area contributed by atoms with E-state index in [0.29, 0.717) is 0 Å². The van der Waals surface area contributed by atoms with E-state index in [1.54, 1.807) is 0 Å². The summed E-state index contributed by atoms with van der Waals surface area (Å²) >= 11 is 6.36. The number of alkyl halides is 2. The van der Waals surface area contributed by atoms with Gasteiger partial charge in [0.25, 0.3) is 0 Å². The number of rotatable bonds is 0. The molecule has 2 bridgehead atoms. The molecule has 2 rings (SSSR count). The Hall–Kier alpha value is 1.21. The van der Waals surface area contributed by atoms with E-state index >= 15 is 0 Å². The summed E-state index contributed by atoms with van der Waals surface area (Å²) in [6.45, 7) is 0. The zero-order chi connectivity index (χ0) is 6.43. The van der Waals surface area contributed by atoms with Gasteiger partial charge in [0.2, 0.25) is 0 Å². The van der Waals surface area contributed by atoms with Gasteiger partial charge in [-0.2, -0.15) is 0 Å². The molecule has 0 N–H and O–H groups in total. The molecule has 0 aromatic rings. The molecule has 2 heteroatoms. The monoisotopic (exact) mass is 300 g/mol. The number of halogens is 2. The topological polar surface area (TPSA) is 0 Å². The molecule has 52 valence electrons. The van der Waals surface area contributed by atoms with Gasteiger partial charge in [-0.25, -0.2) is 0 Å². The molecular weight excluding hydrogens is 291 g/mol. The van der Waals surface area contributed by atoms with Crippen molar-refractivity contribution in [1.29, 1.82) is 0 Å². The Labute approximate surface area is 78.0 Å². The van der Waals surface area contributed by atoms with Gasteiger partial charge in [0.15, 0.2) is 0 Å². The van der Waals surface area contributed by atoms with Crippen molar-refractivity contribution in [2.45, 2.75) is 28.0 Å². The third kappa shape index (κ3) is 0.971. The van der Waals surface area contributed by atoms with Gasteiger partial charge in [0.1, 0.15) is 0 Å². The number of hydrogen-bond donors (Lipinski definition) is 0. The molecule has 9 heavy (non-hydrogen) atoms. The van der Waals surface area contributed by atoms with E-state index in [1.807, 2.05) is 0 Å². The largest absolute Gasteiger partial charge is 0.0887 e. The minimum absolute atomic E-state index is 0.859. The maximum absolute atomic E-state index is 3.73. The molecule has 0 nitrogen and oxygen atoms in total. The summed E-state index contributed by atoms with van der Waals surface area (Å²) in [5, 5.41) is 0. The Balaban J connectivity index is 2.16. The Morgan fingerprint density at radius 2 is 2.11 bits per heavy atom. The average molecular weight is 301 g/mol. The quantitative estimate of drug-likeness (QED) is 0.477. The van der Waals surface area contributed by atoms with Crippen molar-refractivity contribution in [2.75, 3.05) is 0 Å². The van der Waals surface area contributed by atoms with Crippen LogP contribution in [0.4, 0.5) is 0 Å². The minimum atomic E-state index is 0.859. The molecule has 2 saturated carbocycles. The van der Waals surface area contributed by atoms with Crippen LogP contribution >= 0.6 is 38.5 Å². The van der Waals surface area contributed by atoms with Crippen molar-refractivity contribution >= 4 is 38.5 Å². The van der Waals surface area contributed by atoms with Crippen LogP contribution < -0.4 is 0 Å². The van der Waals surface area contributed by atoms with Crippen molar-refractivity contribution in [2.24, 2.45) is 11.8 Å². The van der Waals surface area contributed by atoms with Crippen LogP contribution in [0.1, 0.15) is 19.3 Å². The molecule has 2 aliphatic carbocycles. The summed E-state index contributed by atoms with van der Waals surface area (Å²) in [7, 11) is 0. The van der Waals surface area contributed by atoms with Crippen LogP contribution in [0.5, 0.6) is 0 Å². The van der Waals surface area contributed by atoms with Gasteiger partial charge >= 0.3 is 0 Å². The maximum Gasteiger partial charge on any atom is 0.0187 e. The fourth-order valence-electron chi connectivity index (χ4n) is 2.17. The number of fused-ring (bicyclic) bond motifs is 2. The van der Waals surface area contributed by atoms with E-state index in [0.717, 1.165) is 20.6 Å². The van der Waals surface area contributed by atoms with E-state index in [4.69, 9.17) is 0 Å². The highest BCUT2D eigenvalue weighted by atomic mass is 127. The van der Waals surface area contributed by atoms with Gasteiger partial charge in [-0.3, -0.25) is 0 Å². The van der Waals surface area contributed by atoms with Gasteiger partial charge in [0.05, 0.1) is 0 Å². The zero-order valence-electron chi connectivity index (χ0n) is 5.19. The summed E-state index contributed by atoms with van der Waals surface area (Å²) in [5.41, 5.74) is 0. The van der Waals surface area contributed by atoms with E-state index in [9.17, 15) is 0 Å². The maximum atomic E-state index is 3.73. The predicted molar refractivity (Wildman–Crippen MR) is 51.4 cm³/mol. The summed E-state index contributed by atoms with van der Waals surface area (Å²) < 4.78 is 0.993. The van der Waals surface area contributed by atoms with Crippen LogP contribution in [-0.2, 0) is 0 Å². The highest BCUT2D eigenvalue weighted by Crippen LogP contribution is 2.51. The van der Waals surface area contributed by atoms with Gasteiger partial charge in [-0.15, -0.1) is 0 Å². The molecule has 2 fully saturated rings. The third-order valence-corrected chi connectivity index (χ3v) is 5.72. The summed E-state index contributed by atoms with van der Waals surface area (Å²) in [6, 6.07) is 0. The van der Waals surface area contributed by atoms with Crippen LogP contribution in [-0.4, -0.2) is 8.75 Å². The lowest BCUT2D eigenvalue weighted by atomic mass is 10.0. The molecule has 0 aliphatic heterocycles. The summed E-state index contributed by atoms with van der Waals surface area (Å²) in [4.78, 5) is 0.859. The fourth-order valence-corrected chi connectivity index (χ4v) is 5.32. The first-order chi connectivity index (χ1) is 4.29. The average Bonchev–Trinajstić information content (AvgIpc) is 2.25. The van der Waals surface area contributed by atoms with E-state index < -0.39 is 0 Å². The van der Waals surface area contributed by atoms with Gasteiger partial charge < -0.3 is 0 Å². The number of hydrogen-bond acceptors (Lipinski definition) is 0. The summed E-state index contributed by atoms with van der Waals surface area (Å²) in [6.07, 6.45) is 4.42. The van der Waals surface area contributed by atoms with E-state index in [1.165, 1.54) is 19.3 Å². The van der Waals surface area contributed by atoms with Crippen molar-refractivity contribution < 1.29 is 0 Å².